The number of hydrogen-bond acceptors (Lipinski definition) is 2. The highest BCUT2D eigenvalue weighted by Crippen LogP contribution is 2.43. The Morgan fingerprint density at radius 1 is 0.895 bits per heavy atom. The standard InChI is InChI=1S/C29H32N2O2Si.CHCl3/c1-31-26-18-12-11-17-23(26)25(29(31)33)19-24(22-15-9-6-10-16-22)27(34(2,3)4)28(32)30-20-21-13-7-5-8-14-21;2-1(3)4/h5-18,25H,19-20H2,1-4H3,(H,30,32);1H/b27-24+;/t25-;/m1./s1. The van der Waals surface area contributed by atoms with Gasteiger partial charge in [-0.1, -0.05) is 133 Å². The Morgan fingerprint density at radius 2 is 1.42 bits per heavy atom. The highest BCUT2D eigenvalue weighted by molar-refractivity contribution is 6.88. The number of amides is 2. The first-order valence-electron chi connectivity index (χ1n) is 12.4. The molecule has 1 atom stereocenters. The maximum Gasteiger partial charge on any atom is 0.243 e. The maximum atomic E-state index is 13.7. The van der Waals surface area contributed by atoms with Gasteiger partial charge in [-0.25, -0.2) is 0 Å². The van der Waals surface area contributed by atoms with E-state index in [2.05, 4.69) is 37.1 Å². The highest BCUT2D eigenvalue weighted by Gasteiger charge is 2.38. The first-order valence-corrected chi connectivity index (χ1v) is 17.2. The van der Waals surface area contributed by atoms with Crippen LogP contribution in [0.3, 0.4) is 0 Å². The predicted octanol–water partition coefficient (Wildman–Crippen LogP) is 7.77. The van der Waals surface area contributed by atoms with Gasteiger partial charge in [0, 0.05) is 24.5 Å². The average Bonchev–Trinajstić information content (AvgIpc) is 3.12. The van der Waals surface area contributed by atoms with E-state index in [1.165, 1.54) is 0 Å². The van der Waals surface area contributed by atoms with Crippen molar-refractivity contribution in [3.05, 3.63) is 107 Å². The molecule has 0 aromatic heterocycles. The van der Waals surface area contributed by atoms with Crippen molar-refractivity contribution in [1.82, 2.24) is 5.32 Å². The number of rotatable bonds is 7. The fourth-order valence-corrected chi connectivity index (χ4v) is 6.70. The van der Waals surface area contributed by atoms with Crippen LogP contribution in [0, 0.1) is 0 Å². The van der Waals surface area contributed by atoms with E-state index in [0.717, 1.165) is 33.1 Å². The highest BCUT2D eigenvalue weighted by atomic mass is 35.6. The molecular formula is C30H33Cl3N2O2Si. The van der Waals surface area contributed by atoms with E-state index in [4.69, 9.17) is 34.8 Å². The summed E-state index contributed by atoms with van der Waals surface area (Å²) in [4.78, 5) is 28.8. The summed E-state index contributed by atoms with van der Waals surface area (Å²) in [5.74, 6) is -0.257. The third kappa shape index (κ3) is 7.73. The second-order valence-corrected chi connectivity index (χ2v) is 17.1. The second-order valence-electron chi connectivity index (χ2n) is 10.1. The fourth-order valence-electron chi connectivity index (χ4n) is 4.78. The van der Waals surface area contributed by atoms with Crippen molar-refractivity contribution in [2.75, 3.05) is 11.9 Å². The summed E-state index contributed by atoms with van der Waals surface area (Å²) in [5, 5.41) is 4.02. The molecule has 0 bridgehead atoms. The van der Waals surface area contributed by atoms with Crippen LogP contribution in [-0.4, -0.2) is 31.2 Å². The lowest BCUT2D eigenvalue weighted by atomic mass is 9.89. The molecule has 0 radical (unpaired) electrons. The number of allylic oxidation sites excluding steroid dienone is 1. The molecule has 4 nitrogen and oxygen atoms in total. The zero-order chi connectivity index (χ0) is 27.9. The normalized spacial score (nSPS) is 15.4. The van der Waals surface area contributed by atoms with Crippen molar-refractivity contribution < 1.29 is 9.59 Å². The smallest absolute Gasteiger partial charge is 0.243 e. The van der Waals surface area contributed by atoms with Gasteiger partial charge in [-0.3, -0.25) is 9.59 Å². The van der Waals surface area contributed by atoms with E-state index in [9.17, 15) is 9.59 Å². The SMILES string of the molecule is CN1C(=O)[C@H](C/C(=C(/C(=O)NCc2ccccc2)[Si](C)(C)C)c2ccccc2)c2ccccc21.ClC(Cl)Cl. The lowest BCUT2D eigenvalue weighted by Gasteiger charge is -2.26. The van der Waals surface area contributed by atoms with E-state index < -0.39 is 12.4 Å². The molecule has 3 aromatic rings. The molecule has 1 aliphatic rings. The number of nitrogens with zero attached hydrogens (tertiary/aromatic N) is 1. The Balaban J connectivity index is 0.000000934. The van der Waals surface area contributed by atoms with Crippen molar-refractivity contribution in [3.63, 3.8) is 0 Å². The summed E-state index contributed by atoms with van der Waals surface area (Å²) < 4.78 is -0.750. The van der Waals surface area contributed by atoms with Crippen LogP contribution in [0.2, 0.25) is 19.6 Å². The Kier molecular flexibility index (Phi) is 10.6. The van der Waals surface area contributed by atoms with Gasteiger partial charge in [-0.15, -0.1) is 0 Å². The molecule has 0 saturated heterocycles. The molecule has 1 aliphatic heterocycles. The third-order valence-electron chi connectivity index (χ3n) is 6.41. The number of alkyl halides is 3. The van der Waals surface area contributed by atoms with Crippen LogP contribution in [0.1, 0.15) is 29.0 Å². The predicted molar refractivity (Wildman–Crippen MR) is 164 cm³/mol. The third-order valence-corrected chi connectivity index (χ3v) is 8.44. The van der Waals surface area contributed by atoms with Crippen LogP contribution in [-0.2, 0) is 16.1 Å². The number of likely N-dealkylation sites (N-methyl/N-ethyl adjacent to an activating group) is 1. The summed E-state index contributed by atoms with van der Waals surface area (Å²) in [5.41, 5.74) is 5.04. The van der Waals surface area contributed by atoms with Crippen molar-refractivity contribution in [2.45, 2.75) is 42.8 Å². The van der Waals surface area contributed by atoms with Gasteiger partial charge in [0.25, 0.3) is 0 Å². The minimum absolute atomic E-state index is 0.0334. The fraction of sp³-hybridized carbons (Fsp3) is 0.267. The molecule has 2 amide bonds. The second kappa shape index (κ2) is 13.5. The lowest BCUT2D eigenvalue weighted by Crippen LogP contribution is -2.38. The number of para-hydroxylation sites is 1. The number of anilines is 1. The minimum atomic E-state index is -2.09. The van der Waals surface area contributed by atoms with E-state index in [1.54, 1.807) is 4.90 Å². The van der Waals surface area contributed by atoms with Crippen LogP contribution in [0.25, 0.3) is 5.57 Å². The summed E-state index contributed by atoms with van der Waals surface area (Å²) in [6.45, 7) is 7.07. The van der Waals surface area contributed by atoms with Gasteiger partial charge >= 0.3 is 0 Å². The molecule has 0 spiro atoms. The van der Waals surface area contributed by atoms with Crippen molar-refractivity contribution in [3.8, 4) is 0 Å². The van der Waals surface area contributed by atoms with Crippen molar-refractivity contribution in [2.24, 2.45) is 0 Å². The van der Waals surface area contributed by atoms with Crippen LogP contribution >= 0.6 is 34.8 Å². The number of hydrogen-bond donors (Lipinski definition) is 1. The zero-order valence-corrected chi connectivity index (χ0v) is 25.3. The first kappa shape index (κ1) is 30.0. The first-order chi connectivity index (χ1) is 18.0. The number of carbonyl (C=O) groups is 2. The Labute approximate surface area is 241 Å². The summed E-state index contributed by atoms with van der Waals surface area (Å²) in [6, 6.07) is 28.0. The summed E-state index contributed by atoms with van der Waals surface area (Å²) in [6.07, 6.45) is 0.503. The van der Waals surface area contributed by atoms with Crippen molar-refractivity contribution in [1.29, 1.82) is 0 Å². The molecule has 0 saturated carbocycles. The van der Waals surface area contributed by atoms with Crippen LogP contribution in [0.4, 0.5) is 5.69 Å². The van der Waals surface area contributed by atoms with Gasteiger partial charge in [-0.05, 0) is 34.8 Å². The van der Waals surface area contributed by atoms with Crippen molar-refractivity contribution >= 4 is 66.0 Å². The monoisotopic (exact) mass is 586 g/mol. The molecule has 38 heavy (non-hydrogen) atoms. The Hall–Kier alpha value is -2.57. The minimum Gasteiger partial charge on any atom is -0.349 e. The molecule has 1 heterocycles. The largest absolute Gasteiger partial charge is 0.349 e. The Morgan fingerprint density at radius 3 is 2.00 bits per heavy atom. The number of halogens is 3. The number of fused-ring (bicyclic) bond motifs is 1. The number of benzene rings is 3. The maximum absolute atomic E-state index is 13.7. The molecular weight excluding hydrogens is 555 g/mol. The topological polar surface area (TPSA) is 49.4 Å². The number of carbonyl (C=O) groups excluding carboxylic acids is 2. The van der Waals surface area contributed by atoms with Gasteiger partial charge in [0.2, 0.25) is 11.8 Å². The van der Waals surface area contributed by atoms with Gasteiger partial charge < -0.3 is 10.2 Å². The molecule has 0 aliphatic carbocycles. The quantitative estimate of drug-likeness (QED) is 0.174. The van der Waals surface area contributed by atoms with E-state index in [-0.39, 0.29) is 17.7 Å². The van der Waals surface area contributed by atoms with Gasteiger partial charge in [-0.2, -0.15) is 0 Å². The van der Waals surface area contributed by atoms with Gasteiger partial charge in [0.1, 0.15) is 0 Å². The molecule has 3 aromatic carbocycles. The van der Waals surface area contributed by atoms with E-state index in [1.807, 2.05) is 79.8 Å². The Bertz CT molecular complexity index is 1270. The van der Waals surface area contributed by atoms with Gasteiger partial charge in [0.15, 0.2) is 4.30 Å². The van der Waals surface area contributed by atoms with Crippen LogP contribution < -0.4 is 10.2 Å². The average molecular weight is 588 g/mol. The van der Waals surface area contributed by atoms with E-state index in [0.29, 0.717) is 13.0 Å². The number of nitrogens with one attached hydrogen (secondary N) is 1. The summed E-state index contributed by atoms with van der Waals surface area (Å²) in [7, 11) is -0.261. The molecule has 4 rings (SSSR count). The van der Waals surface area contributed by atoms with E-state index >= 15 is 0 Å². The zero-order valence-electron chi connectivity index (χ0n) is 22.0. The molecule has 0 fully saturated rings. The molecule has 8 heteroatoms. The lowest BCUT2D eigenvalue weighted by molar-refractivity contribution is -0.119. The molecule has 0 unspecified atom stereocenters. The van der Waals surface area contributed by atoms with Crippen LogP contribution in [0.5, 0.6) is 0 Å². The summed E-state index contributed by atoms with van der Waals surface area (Å²) >= 11 is 14.4. The van der Waals surface area contributed by atoms with Gasteiger partial charge in [0.05, 0.1) is 14.0 Å². The molecule has 200 valence electrons. The van der Waals surface area contributed by atoms with Crippen LogP contribution in [0.15, 0.2) is 90.1 Å². The molecule has 1 N–H and O–H groups in total.